The number of nitrogens with two attached hydrogens (primary N) is 1. The molecule has 4 nitrogen and oxygen atoms in total. The zero-order valence-corrected chi connectivity index (χ0v) is 7.72. The number of benzene rings is 1. The zero-order chi connectivity index (χ0) is 9.97. The molecule has 0 bridgehead atoms. The van der Waals surface area contributed by atoms with E-state index in [1.165, 1.54) is 4.90 Å². The quantitative estimate of drug-likeness (QED) is 0.763. The Morgan fingerprint density at radius 1 is 1.43 bits per heavy atom. The van der Waals surface area contributed by atoms with E-state index >= 15 is 0 Å². The Hall–Kier alpha value is -1.55. The highest BCUT2D eigenvalue weighted by molar-refractivity contribution is 5.70. The van der Waals surface area contributed by atoms with Crippen LogP contribution in [0, 0.1) is 0 Å². The van der Waals surface area contributed by atoms with Crippen LogP contribution in [0.15, 0.2) is 30.3 Å². The smallest absolute Gasteiger partial charge is 0.411 e. The van der Waals surface area contributed by atoms with Crippen LogP contribution >= 0.6 is 0 Å². The molecule has 1 saturated heterocycles. The maximum absolute atomic E-state index is 11.2. The molecule has 1 unspecified atom stereocenters. The minimum atomic E-state index is -0.332. The van der Waals surface area contributed by atoms with Crippen molar-refractivity contribution in [2.75, 3.05) is 13.3 Å². The van der Waals surface area contributed by atoms with E-state index < -0.39 is 0 Å². The molecule has 1 aliphatic rings. The molecule has 1 aromatic rings. The molecular weight excluding hydrogens is 180 g/mol. The fourth-order valence-corrected chi connectivity index (χ4v) is 1.60. The summed E-state index contributed by atoms with van der Waals surface area (Å²) in [4.78, 5) is 12.7. The summed E-state index contributed by atoms with van der Waals surface area (Å²) in [5.74, 6) is 0. The summed E-state index contributed by atoms with van der Waals surface area (Å²) in [5, 5.41) is 0. The van der Waals surface area contributed by atoms with Crippen LogP contribution < -0.4 is 5.73 Å². The van der Waals surface area contributed by atoms with Crippen LogP contribution in [0.3, 0.4) is 0 Å². The second kappa shape index (κ2) is 3.67. The van der Waals surface area contributed by atoms with Crippen molar-refractivity contribution in [1.82, 2.24) is 4.90 Å². The third kappa shape index (κ3) is 1.44. The van der Waals surface area contributed by atoms with Crippen molar-refractivity contribution in [2.24, 2.45) is 5.73 Å². The molecule has 1 heterocycles. The Bertz CT molecular complexity index is 326. The van der Waals surface area contributed by atoms with Crippen molar-refractivity contribution in [1.29, 1.82) is 0 Å². The monoisotopic (exact) mass is 192 g/mol. The van der Waals surface area contributed by atoms with Gasteiger partial charge in [-0.05, 0) is 5.56 Å². The van der Waals surface area contributed by atoms with Crippen molar-refractivity contribution in [2.45, 2.75) is 6.04 Å². The van der Waals surface area contributed by atoms with Gasteiger partial charge in [-0.3, -0.25) is 4.90 Å². The molecule has 1 amide bonds. The lowest BCUT2D eigenvalue weighted by atomic mass is 10.1. The molecule has 14 heavy (non-hydrogen) atoms. The first kappa shape index (κ1) is 9.02. The number of ether oxygens (including phenoxy) is 1. The molecule has 2 rings (SSSR count). The summed E-state index contributed by atoms with van der Waals surface area (Å²) in [5.41, 5.74) is 6.54. The van der Waals surface area contributed by atoms with E-state index in [-0.39, 0.29) is 18.8 Å². The lowest BCUT2D eigenvalue weighted by molar-refractivity contribution is 0.158. The second-order valence-electron chi connectivity index (χ2n) is 3.16. The number of hydrogen-bond donors (Lipinski definition) is 1. The molecule has 2 N–H and O–H groups in total. The molecule has 1 aromatic carbocycles. The molecular formula is C10H12N2O2. The molecule has 4 heteroatoms. The molecule has 1 atom stereocenters. The van der Waals surface area contributed by atoms with E-state index in [2.05, 4.69) is 0 Å². The number of rotatable bonds is 2. The van der Waals surface area contributed by atoms with Crippen molar-refractivity contribution < 1.29 is 9.53 Å². The van der Waals surface area contributed by atoms with E-state index in [1.54, 1.807) is 0 Å². The van der Waals surface area contributed by atoms with Gasteiger partial charge in [-0.25, -0.2) is 4.79 Å². The number of nitrogens with zero attached hydrogens (tertiary/aromatic N) is 1. The Morgan fingerprint density at radius 2 is 2.14 bits per heavy atom. The van der Waals surface area contributed by atoms with Crippen molar-refractivity contribution in [3.05, 3.63) is 35.9 Å². The van der Waals surface area contributed by atoms with E-state index in [0.29, 0.717) is 6.61 Å². The maximum atomic E-state index is 11.2. The lowest BCUT2D eigenvalue weighted by Crippen LogP contribution is -2.33. The molecule has 1 aliphatic heterocycles. The molecule has 0 aliphatic carbocycles. The van der Waals surface area contributed by atoms with Crippen LogP contribution in [0.1, 0.15) is 11.6 Å². The standard InChI is InChI=1S/C10H12N2O2/c11-7-12-9(6-14-10(12)13)8-4-2-1-3-5-8/h1-5,9H,6-7,11H2. The van der Waals surface area contributed by atoms with Crippen LogP contribution in [0.2, 0.25) is 0 Å². The van der Waals surface area contributed by atoms with Gasteiger partial charge in [0, 0.05) is 0 Å². The van der Waals surface area contributed by atoms with Gasteiger partial charge in [0.1, 0.15) is 6.61 Å². The SMILES string of the molecule is NCN1C(=O)OCC1c1ccccc1. The second-order valence-corrected chi connectivity index (χ2v) is 3.16. The molecule has 1 fully saturated rings. The summed E-state index contributed by atoms with van der Waals surface area (Å²) in [6, 6.07) is 9.71. The van der Waals surface area contributed by atoms with Gasteiger partial charge in [0.15, 0.2) is 0 Å². The minimum absolute atomic E-state index is 0.0336. The van der Waals surface area contributed by atoms with Gasteiger partial charge in [0.2, 0.25) is 0 Å². The van der Waals surface area contributed by atoms with Crippen LogP contribution in [0.5, 0.6) is 0 Å². The summed E-state index contributed by atoms with van der Waals surface area (Å²) >= 11 is 0. The topological polar surface area (TPSA) is 55.6 Å². The Balaban J connectivity index is 2.23. The number of carbonyl (C=O) groups is 1. The number of carbonyl (C=O) groups excluding carboxylic acids is 1. The third-order valence-electron chi connectivity index (χ3n) is 2.36. The summed E-state index contributed by atoms with van der Waals surface area (Å²) in [6.45, 7) is 0.582. The third-order valence-corrected chi connectivity index (χ3v) is 2.36. The largest absolute Gasteiger partial charge is 0.447 e. The molecule has 0 saturated carbocycles. The first-order valence-corrected chi connectivity index (χ1v) is 4.51. The predicted octanol–water partition coefficient (Wildman–Crippen LogP) is 1.10. The van der Waals surface area contributed by atoms with Crippen LogP contribution in [0.4, 0.5) is 4.79 Å². The van der Waals surface area contributed by atoms with Gasteiger partial charge >= 0.3 is 6.09 Å². The predicted molar refractivity (Wildman–Crippen MR) is 51.4 cm³/mol. The maximum Gasteiger partial charge on any atom is 0.411 e. The zero-order valence-electron chi connectivity index (χ0n) is 7.72. The van der Waals surface area contributed by atoms with Crippen molar-refractivity contribution in [3.8, 4) is 0 Å². The highest BCUT2D eigenvalue weighted by Gasteiger charge is 2.32. The van der Waals surface area contributed by atoms with E-state index in [4.69, 9.17) is 10.5 Å². The summed E-state index contributed by atoms with van der Waals surface area (Å²) in [7, 11) is 0. The van der Waals surface area contributed by atoms with Gasteiger partial charge in [-0.2, -0.15) is 0 Å². The van der Waals surface area contributed by atoms with Crippen molar-refractivity contribution in [3.63, 3.8) is 0 Å². The number of amides is 1. The first-order valence-electron chi connectivity index (χ1n) is 4.51. The van der Waals surface area contributed by atoms with E-state index in [0.717, 1.165) is 5.56 Å². The summed E-state index contributed by atoms with van der Waals surface area (Å²) < 4.78 is 4.93. The summed E-state index contributed by atoms with van der Waals surface area (Å²) in [6.07, 6.45) is -0.332. The van der Waals surface area contributed by atoms with Gasteiger partial charge in [-0.15, -0.1) is 0 Å². The highest BCUT2D eigenvalue weighted by atomic mass is 16.6. The fourth-order valence-electron chi connectivity index (χ4n) is 1.60. The average molecular weight is 192 g/mol. The van der Waals surface area contributed by atoms with E-state index in [1.807, 2.05) is 30.3 Å². The fraction of sp³-hybridized carbons (Fsp3) is 0.300. The van der Waals surface area contributed by atoms with Crippen LogP contribution in [0.25, 0.3) is 0 Å². The number of hydrogen-bond acceptors (Lipinski definition) is 3. The van der Waals surface area contributed by atoms with Gasteiger partial charge in [0.25, 0.3) is 0 Å². The van der Waals surface area contributed by atoms with Gasteiger partial charge in [0.05, 0.1) is 12.7 Å². The Kier molecular flexibility index (Phi) is 2.37. The Morgan fingerprint density at radius 3 is 2.79 bits per heavy atom. The molecule has 0 aromatic heterocycles. The normalized spacial score (nSPS) is 21.1. The Labute approximate surface area is 82.3 Å². The molecule has 0 spiro atoms. The average Bonchev–Trinajstić information content (AvgIpc) is 2.61. The van der Waals surface area contributed by atoms with Gasteiger partial charge in [-0.1, -0.05) is 30.3 Å². The van der Waals surface area contributed by atoms with Crippen LogP contribution in [-0.4, -0.2) is 24.3 Å². The molecule has 74 valence electrons. The highest BCUT2D eigenvalue weighted by Crippen LogP contribution is 2.25. The molecule has 0 radical (unpaired) electrons. The number of cyclic esters (lactones) is 1. The van der Waals surface area contributed by atoms with Gasteiger partial charge < -0.3 is 10.5 Å². The van der Waals surface area contributed by atoms with Crippen LogP contribution in [-0.2, 0) is 4.74 Å². The van der Waals surface area contributed by atoms with E-state index in [9.17, 15) is 4.79 Å². The first-order chi connectivity index (χ1) is 6.83. The minimum Gasteiger partial charge on any atom is -0.447 e. The lowest BCUT2D eigenvalue weighted by Gasteiger charge is -2.19. The van der Waals surface area contributed by atoms with Crippen molar-refractivity contribution >= 4 is 6.09 Å².